The molecular formula is C25H38OSi. The molecule has 0 radical (unpaired) electrons. The summed E-state index contributed by atoms with van der Waals surface area (Å²) in [6.07, 6.45) is 4.69. The topological polar surface area (TPSA) is 9.23 Å². The quantitative estimate of drug-likeness (QED) is 0.337. The lowest BCUT2D eigenvalue weighted by Crippen LogP contribution is -2.42. The van der Waals surface area contributed by atoms with Crippen LogP contribution in [0.15, 0.2) is 36.4 Å². The molecule has 0 saturated heterocycles. The zero-order valence-corrected chi connectivity index (χ0v) is 19.7. The van der Waals surface area contributed by atoms with E-state index >= 15 is 0 Å². The average Bonchev–Trinajstić information content (AvgIpc) is 2.51. The van der Waals surface area contributed by atoms with Crippen molar-refractivity contribution < 1.29 is 4.43 Å². The molecule has 0 heterocycles. The van der Waals surface area contributed by atoms with E-state index in [1.807, 2.05) is 0 Å². The van der Waals surface area contributed by atoms with Crippen LogP contribution in [0.4, 0.5) is 0 Å². The molecule has 0 atom stereocenters. The van der Waals surface area contributed by atoms with Crippen LogP contribution in [0.25, 0.3) is 0 Å². The van der Waals surface area contributed by atoms with Gasteiger partial charge in [-0.3, -0.25) is 0 Å². The summed E-state index contributed by atoms with van der Waals surface area (Å²) < 4.78 is 7.10. The molecular weight excluding hydrogens is 344 g/mol. The molecule has 0 saturated carbocycles. The minimum absolute atomic E-state index is 0.354. The van der Waals surface area contributed by atoms with Crippen LogP contribution in [0.1, 0.15) is 66.0 Å². The van der Waals surface area contributed by atoms with Crippen LogP contribution >= 0.6 is 0 Å². The standard InChI is InChI=1S/C25H38OSi/c1-9-10-11-12-25(26-27(6,7)8,23-15-19(2)13-20(3)16-23)24-17-21(4)14-22(5)18-24/h13-18H,9-12H2,1-8H3. The minimum atomic E-state index is -1.79. The molecule has 0 aliphatic rings. The zero-order chi connectivity index (χ0) is 20.2. The summed E-state index contributed by atoms with van der Waals surface area (Å²) in [6.45, 7) is 18.0. The second kappa shape index (κ2) is 8.75. The Labute approximate surface area is 168 Å². The van der Waals surface area contributed by atoms with E-state index in [1.165, 1.54) is 52.6 Å². The van der Waals surface area contributed by atoms with Crippen LogP contribution in [0, 0.1) is 27.7 Å². The van der Waals surface area contributed by atoms with Gasteiger partial charge in [-0.2, -0.15) is 0 Å². The number of hydrogen-bond acceptors (Lipinski definition) is 1. The van der Waals surface area contributed by atoms with E-state index in [-0.39, 0.29) is 5.60 Å². The van der Waals surface area contributed by atoms with Crippen LogP contribution in [0.2, 0.25) is 19.6 Å². The highest BCUT2D eigenvalue weighted by Crippen LogP contribution is 2.42. The van der Waals surface area contributed by atoms with Crippen molar-refractivity contribution in [1.82, 2.24) is 0 Å². The number of unbranched alkanes of at least 4 members (excludes halogenated alkanes) is 2. The summed E-state index contributed by atoms with van der Waals surface area (Å²) in [5, 5.41) is 0. The second-order valence-electron chi connectivity index (χ2n) is 9.25. The van der Waals surface area contributed by atoms with Crippen molar-refractivity contribution in [3.8, 4) is 0 Å². The van der Waals surface area contributed by atoms with Crippen molar-refractivity contribution in [1.29, 1.82) is 0 Å². The summed E-state index contributed by atoms with van der Waals surface area (Å²) in [5.74, 6) is 0. The largest absolute Gasteiger partial charge is 0.404 e. The summed E-state index contributed by atoms with van der Waals surface area (Å²) in [7, 11) is -1.79. The predicted octanol–water partition coefficient (Wildman–Crippen LogP) is 7.60. The van der Waals surface area contributed by atoms with E-state index in [4.69, 9.17) is 4.43 Å². The highest BCUT2D eigenvalue weighted by Gasteiger charge is 2.39. The molecule has 0 N–H and O–H groups in total. The Morgan fingerprint density at radius 1 is 0.704 bits per heavy atom. The SMILES string of the molecule is CCCCCC(O[Si](C)(C)C)(c1cc(C)cc(C)c1)c1cc(C)cc(C)c1. The third-order valence-electron chi connectivity index (χ3n) is 4.99. The Balaban J connectivity index is 2.75. The maximum absolute atomic E-state index is 7.10. The van der Waals surface area contributed by atoms with E-state index in [1.54, 1.807) is 0 Å². The molecule has 148 valence electrons. The van der Waals surface area contributed by atoms with Gasteiger partial charge in [-0.25, -0.2) is 0 Å². The third kappa shape index (κ3) is 5.79. The Hall–Kier alpha value is -1.38. The van der Waals surface area contributed by atoms with Crippen molar-refractivity contribution in [3.05, 3.63) is 69.8 Å². The highest BCUT2D eigenvalue weighted by atomic mass is 28.4. The smallest absolute Gasteiger partial charge is 0.185 e. The molecule has 0 fully saturated rings. The van der Waals surface area contributed by atoms with E-state index < -0.39 is 8.32 Å². The van der Waals surface area contributed by atoms with Gasteiger partial charge in [0.15, 0.2) is 8.32 Å². The molecule has 0 bridgehead atoms. The van der Waals surface area contributed by atoms with Crippen molar-refractivity contribution in [3.63, 3.8) is 0 Å². The molecule has 0 aliphatic heterocycles. The Morgan fingerprint density at radius 2 is 1.11 bits per heavy atom. The Morgan fingerprint density at radius 3 is 1.44 bits per heavy atom. The summed E-state index contributed by atoms with van der Waals surface area (Å²) in [6, 6.07) is 13.9. The van der Waals surface area contributed by atoms with Gasteiger partial charge in [0.25, 0.3) is 0 Å². The molecule has 0 spiro atoms. The van der Waals surface area contributed by atoms with Gasteiger partial charge in [-0.05, 0) is 71.3 Å². The molecule has 0 amide bonds. The van der Waals surface area contributed by atoms with Gasteiger partial charge in [0.1, 0.15) is 5.60 Å². The van der Waals surface area contributed by atoms with Gasteiger partial charge in [0.05, 0.1) is 0 Å². The van der Waals surface area contributed by atoms with E-state index in [0.717, 1.165) is 6.42 Å². The van der Waals surface area contributed by atoms with E-state index in [0.29, 0.717) is 0 Å². The number of rotatable bonds is 8. The van der Waals surface area contributed by atoms with Crippen molar-refractivity contribution in [2.75, 3.05) is 0 Å². The maximum Gasteiger partial charge on any atom is 0.185 e. The molecule has 27 heavy (non-hydrogen) atoms. The van der Waals surface area contributed by atoms with E-state index in [9.17, 15) is 0 Å². The molecule has 2 heteroatoms. The lowest BCUT2D eigenvalue weighted by atomic mass is 9.80. The summed E-state index contributed by atoms with van der Waals surface area (Å²) in [4.78, 5) is 0. The first-order valence-electron chi connectivity index (χ1n) is 10.4. The predicted molar refractivity (Wildman–Crippen MR) is 121 cm³/mol. The first-order valence-corrected chi connectivity index (χ1v) is 13.8. The van der Waals surface area contributed by atoms with Crippen LogP contribution in [0.3, 0.4) is 0 Å². The van der Waals surface area contributed by atoms with Gasteiger partial charge in [0.2, 0.25) is 0 Å². The average molecular weight is 383 g/mol. The highest BCUT2D eigenvalue weighted by molar-refractivity contribution is 6.69. The first-order chi connectivity index (χ1) is 12.6. The molecule has 1 nitrogen and oxygen atoms in total. The fourth-order valence-electron chi connectivity index (χ4n) is 4.19. The lowest BCUT2D eigenvalue weighted by Gasteiger charge is -2.41. The number of aryl methyl sites for hydroxylation is 4. The maximum atomic E-state index is 7.10. The summed E-state index contributed by atoms with van der Waals surface area (Å²) in [5.41, 5.74) is 7.54. The van der Waals surface area contributed by atoms with Crippen molar-refractivity contribution in [2.24, 2.45) is 0 Å². The normalized spacial score (nSPS) is 12.4. The zero-order valence-electron chi connectivity index (χ0n) is 18.7. The molecule has 2 aromatic rings. The molecule has 0 aromatic heterocycles. The fraction of sp³-hybridized carbons (Fsp3) is 0.520. The lowest BCUT2D eigenvalue weighted by molar-refractivity contribution is 0.0883. The van der Waals surface area contributed by atoms with Crippen LogP contribution in [0.5, 0.6) is 0 Å². The van der Waals surface area contributed by atoms with Crippen LogP contribution in [-0.2, 0) is 10.0 Å². The van der Waals surface area contributed by atoms with Gasteiger partial charge in [-0.15, -0.1) is 0 Å². The molecule has 2 rings (SSSR count). The van der Waals surface area contributed by atoms with Gasteiger partial charge in [-0.1, -0.05) is 78.4 Å². The van der Waals surface area contributed by atoms with Crippen LogP contribution < -0.4 is 0 Å². The van der Waals surface area contributed by atoms with Gasteiger partial charge in [0, 0.05) is 0 Å². The molecule has 0 unspecified atom stereocenters. The van der Waals surface area contributed by atoms with Crippen molar-refractivity contribution in [2.45, 2.75) is 85.5 Å². The third-order valence-corrected chi connectivity index (χ3v) is 5.95. The fourth-order valence-corrected chi connectivity index (χ4v) is 5.57. The second-order valence-corrected chi connectivity index (χ2v) is 13.7. The van der Waals surface area contributed by atoms with E-state index in [2.05, 4.69) is 90.7 Å². The number of benzene rings is 2. The number of hydrogen-bond donors (Lipinski definition) is 0. The Bertz CT molecular complexity index is 678. The molecule has 2 aromatic carbocycles. The van der Waals surface area contributed by atoms with Gasteiger partial charge >= 0.3 is 0 Å². The van der Waals surface area contributed by atoms with Crippen LogP contribution in [-0.4, -0.2) is 8.32 Å². The summed E-state index contributed by atoms with van der Waals surface area (Å²) >= 11 is 0. The Kier molecular flexibility index (Phi) is 7.10. The van der Waals surface area contributed by atoms with Crippen molar-refractivity contribution >= 4 is 8.32 Å². The first kappa shape index (κ1) is 21.9. The van der Waals surface area contributed by atoms with Gasteiger partial charge < -0.3 is 4.43 Å². The monoisotopic (exact) mass is 382 g/mol. The molecule has 0 aliphatic carbocycles. The minimum Gasteiger partial charge on any atom is -0.404 e.